The molecule has 3 aromatic rings. The molecule has 0 radical (unpaired) electrons. The Balaban J connectivity index is 1.57. The molecule has 3 aromatic carbocycles. The molecule has 1 saturated heterocycles. The van der Waals surface area contributed by atoms with E-state index in [9.17, 15) is 21.6 Å². The van der Waals surface area contributed by atoms with Gasteiger partial charge in [0.15, 0.2) is 0 Å². The van der Waals surface area contributed by atoms with Crippen LogP contribution in [0.5, 0.6) is 0 Å². The predicted molar refractivity (Wildman–Crippen MR) is 150 cm³/mol. The molecule has 0 aromatic heterocycles. The molecule has 0 unspecified atom stereocenters. The molecule has 1 aliphatic rings. The van der Waals surface area contributed by atoms with E-state index >= 15 is 0 Å². The van der Waals surface area contributed by atoms with E-state index in [1.165, 1.54) is 46.8 Å². The molecule has 1 fully saturated rings. The van der Waals surface area contributed by atoms with Crippen molar-refractivity contribution in [2.24, 2.45) is 0 Å². The van der Waals surface area contributed by atoms with E-state index in [4.69, 9.17) is 11.6 Å². The van der Waals surface area contributed by atoms with Gasteiger partial charge in [-0.05, 0) is 80.8 Å². The number of hydrogen-bond donors (Lipinski definition) is 1. The fourth-order valence-corrected chi connectivity index (χ4v) is 7.44. The van der Waals surface area contributed by atoms with Crippen LogP contribution >= 0.6 is 11.6 Å². The molecule has 4 rings (SSSR count). The molecule has 11 heteroatoms. The summed E-state index contributed by atoms with van der Waals surface area (Å²) in [7, 11) is -7.71. The number of sulfonamides is 2. The third-order valence-electron chi connectivity index (χ3n) is 6.43. The summed E-state index contributed by atoms with van der Waals surface area (Å²) in [6, 6.07) is 17.1. The standard InChI is InChI=1S/C27H30ClN3O5S2/c1-20-6-12-25(13-7-20)38(35,36)31(26-18-22(28)9-8-21(26)2)19-27(32)29-23-10-14-24(15-11-23)37(33,34)30-16-4-3-5-17-30/h6-15,18H,3-5,16-17,19H2,1-2H3,(H,29,32). The quantitative estimate of drug-likeness (QED) is 0.408. The van der Waals surface area contributed by atoms with Crippen LogP contribution in [0.4, 0.5) is 11.4 Å². The van der Waals surface area contributed by atoms with Crippen molar-refractivity contribution in [3.05, 3.63) is 82.9 Å². The Bertz CT molecular complexity index is 1520. The Labute approximate surface area is 229 Å². The summed E-state index contributed by atoms with van der Waals surface area (Å²) in [5.74, 6) is -0.591. The van der Waals surface area contributed by atoms with E-state index in [1.54, 1.807) is 31.2 Å². The largest absolute Gasteiger partial charge is 0.325 e. The van der Waals surface area contributed by atoms with E-state index in [0.717, 1.165) is 29.1 Å². The average Bonchev–Trinajstić information content (AvgIpc) is 2.90. The molecular formula is C27H30ClN3O5S2. The molecule has 202 valence electrons. The first-order valence-corrected chi connectivity index (χ1v) is 15.5. The Morgan fingerprint density at radius 2 is 1.47 bits per heavy atom. The average molecular weight is 576 g/mol. The molecule has 0 saturated carbocycles. The summed E-state index contributed by atoms with van der Waals surface area (Å²) < 4.78 is 55.6. The van der Waals surface area contributed by atoms with Crippen LogP contribution in [-0.2, 0) is 24.8 Å². The highest BCUT2D eigenvalue weighted by Gasteiger charge is 2.29. The fraction of sp³-hybridized carbons (Fsp3) is 0.296. The molecule has 38 heavy (non-hydrogen) atoms. The van der Waals surface area contributed by atoms with Gasteiger partial charge in [0.05, 0.1) is 15.5 Å². The summed E-state index contributed by atoms with van der Waals surface area (Å²) in [6.07, 6.45) is 2.69. The number of amides is 1. The van der Waals surface area contributed by atoms with E-state index < -0.39 is 32.5 Å². The van der Waals surface area contributed by atoms with Crippen molar-refractivity contribution in [3.8, 4) is 0 Å². The Hall–Kier alpha value is -2.92. The third-order valence-corrected chi connectivity index (χ3v) is 10.3. The summed E-state index contributed by atoms with van der Waals surface area (Å²) >= 11 is 6.18. The number of halogens is 1. The minimum atomic E-state index is -4.11. The van der Waals surface area contributed by atoms with E-state index in [0.29, 0.717) is 29.4 Å². The lowest BCUT2D eigenvalue weighted by molar-refractivity contribution is -0.114. The van der Waals surface area contributed by atoms with Crippen LogP contribution in [0, 0.1) is 13.8 Å². The van der Waals surface area contributed by atoms with Crippen molar-refractivity contribution in [2.75, 3.05) is 29.3 Å². The van der Waals surface area contributed by atoms with Crippen LogP contribution in [0.25, 0.3) is 0 Å². The molecule has 1 aliphatic heterocycles. The number of carbonyl (C=O) groups is 1. The van der Waals surface area contributed by atoms with Crippen LogP contribution < -0.4 is 9.62 Å². The highest BCUT2D eigenvalue weighted by molar-refractivity contribution is 7.92. The van der Waals surface area contributed by atoms with Gasteiger partial charge in [0, 0.05) is 23.8 Å². The maximum atomic E-state index is 13.6. The summed E-state index contributed by atoms with van der Waals surface area (Å²) in [4.78, 5) is 13.3. The van der Waals surface area contributed by atoms with Crippen LogP contribution in [-0.4, -0.2) is 46.7 Å². The van der Waals surface area contributed by atoms with Gasteiger partial charge in [0.1, 0.15) is 6.54 Å². The SMILES string of the molecule is Cc1ccc(S(=O)(=O)N(CC(=O)Nc2ccc(S(=O)(=O)N3CCCCC3)cc2)c2cc(Cl)ccc2C)cc1. The highest BCUT2D eigenvalue weighted by atomic mass is 35.5. The molecule has 0 aliphatic carbocycles. The summed E-state index contributed by atoms with van der Waals surface area (Å²) in [5, 5.41) is 3.01. The van der Waals surface area contributed by atoms with Gasteiger partial charge in [-0.15, -0.1) is 0 Å². The van der Waals surface area contributed by atoms with Gasteiger partial charge in [0.2, 0.25) is 15.9 Å². The van der Waals surface area contributed by atoms with E-state index in [-0.39, 0.29) is 15.5 Å². The Morgan fingerprint density at radius 3 is 2.11 bits per heavy atom. The number of nitrogens with zero attached hydrogens (tertiary/aromatic N) is 2. The summed E-state index contributed by atoms with van der Waals surface area (Å²) in [5.41, 5.74) is 2.17. The van der Waals surface area contributed by atoms with Gasteiger partial charge in [0.25, 0.3) is 10.0 Å². The molecule has 0 atom stereocenters. The second-order valence-electron chi connectivity index (χ2n) is 9.29. The monoisotopic (exact) mass is 575 g/mol. The molecule has 0 bridgehead atoms. The van der Waals surface area contributed by atoms with Crippen molar-refractivity contribution in [2.45, 2.75) is 42.9 Å². The van der Waals surface area contributed by atoms with Crippen LogP contribution in [0.3, 0.4) is 0 Å². The van der Waals surface area contributed by atoms with Crippen molar-refractivity contribution >= 4 is 48.9 Å². The number of aryl methyl sites for hydroxylation is 2. The van der Waals surface area contributed by atoms with E-state index in [2.05, 4.69) is 5.32 Å². The number of carbonyl (C=O) groups excluding carboxylic acids is 1. The van der Waals surface area contributed by atoms with E-state index in [1.807, 2.05) is 6.92 Å². The molecule has 8 nitrogen and oxygen atoms in total. The van der Waals surface area contributed by atoms with Gasteiger partial charge >= 0.3 is 0 Å². The topological polar surface area (TPSA) is 104 Å². The molecule has 1 heterocycles. The number of rotatable bonds is 8. The van der Waals surface area contributed by atoms with Gasteiger partial charge in [-0.3, -0.25) is 9.10 Å². The maximum absolute atomic E-state index is 13.6. The van der Waals surface area contributed by atoms with Crippen LogP contribution in [0.1, 0.15) is 30.4 Å². The zero-order chi connectivity index (χ0) is 27.5. The maximum Gasteiger partial charge on any atom is 0.264 e. The van der Waals surface area contributed by atoms with Crippen molar-refractivity contribution in [1.29, 1.82) is 0 Å². The first-order valence-electron chi connectivity index (χ1n) is 12.2. The Morgan fingerprint density at radius 1 is 0.868 bits per heavy atom. The highest BCUT2D eigenvalue weighted by Crippen LogP contribution is 2.30. The summed E-state index contributed by atoms with van der Waals surface area (Å²) in [6.45, 7) is 4.07. The molecule has 1 N–H and O–H groups in total. The molecule has 0 spiro atoms. The number of hydrogen-bond acceptors (Lipinski definition) is 5. The fourth-order valence-electron chi connectivity index (χ4n) is 4.28. The van der Waals surface area contributed by atoms with Crippen molar-refractivity contribution < 1.29 is 21.6 Å². The molecule has 1 amide bonds. The minimum absolute atomic E-state index is 0.0440. The van der Waals surface area contributed by atoms with Gasteiger partial charge < -0.3 is 5.32 Å². The Kier molecular flexibility index (Phi) is 8.46. The predicted octanol–water partition coefficient (Wildman–Crippen LogP) is 4.97. The third kappa shape index (κ3) is 6.20. The first kappa shape index (κ1) is 28.1. The first-order chi connectivity index (χ1) is 18.0. The van der Waals surface area contributed by atoms with Crippen LogP contribution in [0.2, 0.25) is 5.02 Å². The number of piperidine rings is 1. The van der Waals surface area contributed by atoms with Crippen molar-refractivity contribution in [3.63, 3.8) is 0 Å². The number of nitrogens with one attached hydrogen (secondary N) is 1. The zero-order valence-electron chi connectivity index (χ0n) is 21.2. The zero-order valence-corrected chi connectivity index (χ0v) is 23.6. The molecular weight excluding hydrogens is 546 g/mol. The number of benzene rings is 3. The lowest BCUT2D eigenvalue weighted by Gasteiger charge is -2.26. The van der Waals surface area contributed by atoms with Gasteiger partial charge in [-0.1, -0.05) is 41.8 Å². The van der Waals surface area contributed by atoms with Gasteiger partial charge in [-0.2, -0.15) is 4.31 Å². The number of anilines is 2. The second kappa shape index (κ2) is 11.4. The lowest BCUT2D eigenvalue weighted by atomic mass is 10.2. The van der Waals surface area contributed by atoms with Gasteiger partial charge in [-0.25, -0.2) is 16.8 Å². The minimum Gasteiger partial charge on any atom is -0.325 e. The normalized spacial score (nSPS) is 14.7. The smallest absolute Gasteiger partial charge is 0.264 e. The lowest BCUT2D eigenvalue weighted by Crippen LogP contribution is -2.38. The second-order valence-corrected chi connectivity index (χ2v) is 13.5. The van der Waals surface area contributed by atoms with Crippen LogP contribution in [0.15, 0.2) is 76.5 Å². The van der Waals surface area contributed by atoms with Crippen molar-refractivity contribution in [1.82, 2.24) is 4.31 Å².